The van der Waals surface area contributed by atoms with Crippen LogP contribution in [0.2, 0.25) is 0 Å². The molecular formula is C34H33FN8O7S. The maximum atomic E-state index is 15.8. The number of carbonyl (C=O) groups excluding carboxylic acids is 3. The number of phenolic OH excluding ortho intramolecular Hbond substituents is 1. The van der Waals surface area contributed by atoms with Crippen LogP contribution in [0.4, 0.5) is 10.1 Å². The highest BCUT2D eigenvalue weighted by Crippen LogP contribution is 2.39. The van der Waals surface area contributed by atoms with Crippen molar-refractivity contribution in [2.45, 2.75) is 44.2 Å². The summed E-state index contributed by atoms with van der Waals surface area (Å²) in [5.41, 5.74) is 3.10. The minimum absolute atomic E-state index is 0.0553. The van der Waals surface area contributed by atoms with E-state index in [1.807, 2.05) is 24.4 Å². The molecule has 3 saturated heterocycles. The number of rotatable bonds is 6. The Bertz CT molecular complexity index is 2460. The van der Waals surface area contributed by atoms with Gasteiger partial charge >= 0.3 is 15.9 Å². The lowest BCUT2D eigenvalue weighted by Gasteiger charge is -2.32. The predicted molar refractivity (Wildman–Crippen MR) is 183 cm³/mol. The first-order valence-electron chi connectivity index (χ1n) is 16.5. The summed E-state index contributed by atoms with van der Waals surface area (Å²) in [5, 5.41) is 17.7. The van der Waals surface area contributed by atoms with E-state index < -0.39 is 51.9 Å². The van der Waals surface area contributed by atoms with Gasteiger partial charge in [-0.1, -0.05) is 12.1 Å². The third kappa shape index (κ3) is 5.61. The zero-order chi connectivity index (χ0) is 35.8. The molecule has 5 aromatic rings. The number of amides is 3. The molecule has 0 saturated carbocycles. The van der Waals surface area contributed by atoms with E-state index in [2.05, 4.69) is 15.3 Å². The molecular weight excluding hydrogens is 683 g/mol. The molecule has 5 heterocycles. The number of aromatic nitrogens is 4. The van der Waals surface area contributed by atoms with Gasteiger partial charge in [0.1, 0.15) is 24.0 Å². The Kier molecular flexibility index (Phi) is 7.71. The Balaban J connectivity index is 0.959. The van der Waals surface area contributed by atoms with Crippen molar-refractivity contribution in [3.05, 3.63) is 82.3 Å². The number of carbonyl (C=O) groups is 3. The maximum Gasteiger partial charge on any atom is 0.329 e. The number of imidazole rings is 1. The molecule has 0 spiro atoms. The van der Waals surface area contributed by atoms with Crippen molar-refractivity contribution in [2.24, 2.45) is 7.05 Å². The molecule has 1 atom stereocenters. The molecule has 1 unspecified atom stereocenters. The number of halogens is 1. The Labute approximate surface area is 290 Å². The fraction of sp³-hybridized carbons (Fsp3) is 0.324. The average molecular weight is 717 g/mol. The number of imide groups is 1. The predicted octanol–water partition coefficient (Wildman–Crippen LogP) is 2.06. The third-order valence-corrected chi connectivity index (χ3v) is 11.5. The molecule has 3 amide bonds. The number of hydrogen-bond donors (Lipinski definition) is 3. The summed E-state index contributed by atoms with van der Waals surface area (Å²) in [6.45, 7) is 1.65. The van der Waals surface area contributed by atoms with Crippen LogP contribution in [0.1, 0.15) is 48.8 Å². The van der Waals surface area contributed by atoms with Gasteiger partial charge < -0.3 is 5.11 Å². The Morgan fingerprint density at radius 1 is 0.980 bits per heavy atom. The zero-order valence-electron chi connectivity index (χ0n) is 27.4. The van der Waals surface area contributed by atoms with Gasteiger partial charge in [-0.25, -0.2) is 22.9 Å². The number of hydrogen-bond acceptors (Lipinski definition) is 9. The largest absolute Gasteiger partial charge is 0.506 e. The van der Waals surface area contributed by atoms with E-state index in [0.717, 1.165) is 42.6 Å². The molecule has 3 aliphatic rings. The highest BCUT2D eigenvalue weighted by molar-refractivity contribution is 7.92. The molecule has 0 aliphatic carbocycles. The molecule has 2 aromatic heterocycles. The summed E-state index contributed by atoms with van der Waals surface area (Å²) < 4.78 is 47.4. The number of nitrogens with zero attached hydrogens (tertiary/aromatic N) is 6. The number of piperidine rings is 2. The van der Waals surface area contributed by atoms with E-state index in [-0.39, 0.29) is 35.7 Å². The fourth-order valence-electron chi connectivity index (χ4n) is 7.47. The van der Waals surface area contributed by atoms with E-state index in [0.29, 0.717) is 27.4 Å². The lowest BCUT2D eigenvalue weighted by Crippen LogP contribution is -2.44. The third-order valence-electron chi connectivity index (χ3n) is 10.1. The molecule has 15 nitrogen and oxygen atoms in total. The number of aromatic hydroxyl groups is 1. The quantitative estimate of drug-likeness (QED) is 0.222. The Morgan fingerprint density at radius 3 is 2.49 bits per heavy atom. The van der Waals surface area contributed by atoms with E-state index in [9.17, 15) is 32.7 Å². The maximum absolute atomic E-state index is 15.8. The SMILES string of the molecule is Cn1c(=O)n(C2CCC(=O)NC2=O)c2ccc(C3CCN(Cc4cnn(-c5ccc6cc(O)c(N7CC(=O)NS7(=O)=O)c(F)c6c5)c4)CC3)cc21. The van der Waals surface area contributed by atoms with Gasteiger partial charge in [0.15, 0.2) is 5.82 Å². The number of phenols is 1. The molecule has 3 aliphatic heterocycles. The van der Waals surface area contributed by atoms with Crippen molar-refractivity contribution in [1.29, 1.82) is 0 Å². The van der Waals surface area contributed by atoms with Crippen molar-refractivity contribution < 1.29 is 32.3 Å². The van der Waals surface area contributed by atoms with Gasteiger partial charge in [0.25, 0.3) is 5.91 Å². The monoisotopic (exact) mass is 716 g/mol. The number of likely N-dealkylation sites (tertiary alicyclic amines) is 1. The van der Waals surface area contributed by atoms with Crippen LogP contribution in [0, 0.1) is 5.82 Å². The van der Waals surface area contributed by atoms with Crippen LogP contribution in [0.3, 0.4) is 0 Å². The minimum Gasteiger partial charge on any atom is -0.506 e. The van der Waals surface area contributed by atoms with Crippen molar-refractivity contribution in [2.75, 3.05) is 23.9 Å². The van der Waals surface area contributed by atoms with Gasteiger partial charge in [-0.15, -0.1) is 0 Å². The lowest BCUT2D eigenvalue weighted by atomic mass is 9.89. The summed E-state index contributed by atoms with van der Waals surface area (Å²) in [5.74, 6) is -2.92. The number of benzene rings is 3. The smallest absolute Gasteiger partial charge is 0.329 e. The molecule has 8 rings (SSSR count). The van der Waals surface area contributed by atoms with E-state index in [1.165, 1.54) is 16.7 Å². The van der Waals surface area contributed by atoms with Gasteiger partial charge in [-0.2, -0.15) is 13.5 Å². The first kappa shape index (κ1) is 32.6. The van der Waals surface area contributed by atoms with E-state index >= 15 is 4.39 Å². The van der Waals surface area contributed by atoms with E-state index in [4.69, 9.17) is 0 Å². The summed E-state index contributed by atoms with van der Waals surface area (Å²) in [7, 11) is -2.64. The second kappa shape index (κ2) is 12.1. The standard InChI is InChI=1S/C34H33FN8O7S/c1-39-27-12-21(3-5-25(27)43(34(39)48)26-6-7-29(45)37-33(26)47)20-8-10-40(11-9-20)16-19-15-36-41(17-19)23-4-2-22-13-28(44)32(31(35)24(22)14-23)42-18-30(46)38-51(42,49)50/h2-5,12-15,17,20,26,44H,6-11,16,18H2,1H3,(H,38,46)(H,37,45,47). The first-order valence-corrected chi connectivity index (χ1v) is 17.9. The molecule has 3 N–H and O–H groups in total. The van der Waals surface area contributed by atoms with Crippen LogP contribution in [0.15, 0.2) is 59.7 Å². The highest BCUT2D eigenvalue weighted by Gasteiger charge is 2.38. The summed E-state index contributed by atoms with van der Waals surface area (Å²) in [4.78, 5) is 51.5. The molecule has 3 aromatic carbocycles. The average Bonchev–Trinajstić information content (AvgIpc) is 3.74. The van der Waals surface area contributed by atoms with Crippen LogP contribution in [0.25, 0.3) is 27.5 Å². The second-order valence-corrected chi connectivity index (χ2v) is 14.9. The molecule has 264 valence electrons. The van der Waals surface area contributed by atoms with Crippen LogP contribution in [-0.2, 0) is 38.2 Å². The summed E-state index contributed by atoms with van der Waals surface area (Å²) >= 11 is 0. The zero-order valence-corrected chi connectivity index (χ0v) is 28.2. The molecule has 0 radical (unpaired) electrons. The van der Waals surface area contributed by atoms with Gasteiger partial charge in [-0.3, -0.25) is 33.7 Å². The van der Waals surface area contributed by atoms with Crippen molar-refractivity contribution >= 4 is 55.4 Å². The van der Waals surface area contributed by atoms with Crippen LogP contribution < -0.4 is 20.0 Å². The highest BCUT2D eigenvalue weighted by atomic mass is 32.2. The van der Waals surface area contributed by atoms with Gasteiger partial charge in [0.05, 0.1) is 22.9 Å². The topological polar surface area (TPSA) is 181 Å². The van der Waals surface area contributed by atoms with Crippen molar-refractivity contribution in [3.8, 4) is 11.4 Å². The van der Waals surface area contributed by atoms with E-state index in [1.54, 1.807) is 39.3 Å². The molecule has 3 fully saturated rings. The number of anilines is 1. The van der Waals surface area contributed by atoms with Gasteiger partial charge in [-0.05, 0) is 79.6 Å². The lowest BCUT2D eigenvalue weighted by molar-refractivity contribution is -0.135. The second-order valence-electron chi connectivity index (χ2n) is 13.3. The first-order chi connectivity index (χ1) is 24.4. The molecule has 0 bridgehead atoms. The van der Waals surface area contributed by atoms with Crippen LogP contribution in [0.5, 0.6) is 5.75 Å². The number of fused-ring (bicyclic) bond motifs is 2. The molecule has 17 heteroatoms. The minimum atomic E-state index is -4.34. The summed E-state index contributed by atoms with van der Waals surface area (Å²) in [6.07, 6.45) is 5.85. The number of aryl methyl sites for hydroxylation is 1. The Morgan fingerprint density at radius 2 is 1.76 bits per heavy atom. The number of nitrogens with one attached hydrogen (secondary N) is 2. The summed E-state index contributed by atoms with van der Waals surface area (Å²) in [6, 6.07) is 11.3. The van der Waals surface area contributed by atoms with Crippen LogP contribution in [-0.4, -0.2) is 74.7 Å². The van der Waals surface area contributed by atoms with Gasteiger partial charge in [0, 0.05) is 37.2 Å². The van der Waals surface area contributed by atoms with Crippen molar-refractivity contribution in [1.82, 2.24) is 33.9 Å². The Hall–Kier alpha value is -5.55. The fourth-order valence-corrected chi connectivity index (χ4v) is 8.63. The van der Waals surface area contributed by atoms with Crippen LogP contribution >= 0.6 is 0 Å². The normalized spacial score (nSPS) is 20.0. The van der Waals surface area contributed by atoms with Gasteiger partial charge in [0.2, 0.25) is 11.8 Å². The van der Waals surface area contributed by atoms with Crippen molar-refractivity contribution in [3.63, 3.8) is 0 Å². The molecule has 51 heavy (non-hydrogen) atoms.